The Labute approximate surface area is 97.2 Å². The van der Waals surface area contributed by atoms with Crippen molar-refractivity contribution < 1.29 is 0 Å². The molecule has 16 heavy (non-hydrogen) atoms. The molecule has 0 saturated heterocycles. The quantitative estimate of drug-likeness (QED) is 0.828. The SMILES string of the molecule is CCC1C(C)CNc2cc(C3CC3C)nn21. The van der Waals surface area contributed by atoms with Gasteiger partial charge in [-0.3, -0.25) is 0 Å². The highest BCUT2D eigenvalue weighted by atomic mass is 15.4. The van der Waals surface area contributed by atoms with Crippen molar-refractivity contribution >= 4 is 5.82 Å². The number of anilines is 1. The van der Waals surface area contributed by atoms with Gasteiger partial charge in [0.15, 0.2) is 0 Å². The van der Waals surface area contributed by atoms with Gasteiger partial charge in [-0.1, -0.05) is 20.8 Å². The lowest BCUT2D eigenvalue weighted by molar-refractivity contribution is 0.311. The molecule has 4 atom stereocenters. The maximum Gasteiger partial charge on any atom is 0.124 e. The van der Waals surface area contributed by atoms with Crippen molar-refractivity contribution in [1.82, 2.24) is 9.78 Å². The maximum absolute atomic E-state index is 4.82. The first kappa shape index (κ1) is 10.2. The van der Waals surface area contributed by atoms with Gasteiger partial charge in [0, 0.05) is 18.5 Å². The zero-order chi connectivity index (χ0) is 11.3. The molecule has 1 aromatic rings. The van der Waals surface area contributed by atoms with Crippen molar-refractivity contribution in [3.63, 3.8) is 0 Å². The standard InChI is InChI=1S/C13H21N3/c1-4-12-9(3)7-14-13-6-11(15-16(12)13)10-5-8(10)2/h6,8-10,12,14H,4-5,7H2,1-3H3. The first-order valence-corrected chi connectivity index (χ1v) is 6.54. The van der Waals surface area contributed by atoms with Crippen molar-refractivity contribution in [2.24, 2.45) is 11.8 Å². The number of hydrogen-bond donors (Lipinski definition) is 1. The van der Waals surface area contributed by atoms with Gasteiger partial charge in [-0.05, 0) is 24.7 Å². The van der Waals surface area contributed by atoms with Crippen molar-refractivity contribution in [3.05, 3.63) is 11.8 Å². The first-order valence-electron chi connectivity index (χ1n) is 6.54. The molecule has 0 spiro atoms. The number of hydrogen-bond acceptors (Lipinski definition) is 2. The van der Waals surface area contributed by atoms with Crippen LogP contribution in [0.15, 0.2) is 6.07 Å². The van der Waals surface area contributed by atoms with Gasteiger partial charge in [0.1, 0.15) is 5.82 Å². The van der Waals surface area contributed by atoms with Gasteiger partial charge in [0.2, 0.25) is 0 Å². The van der Waals surface area contributed by atoms with Crippen LogP contribution >= 0.6 is 0 Å². The van der Waals surface area contributed by atoms with Crippen LogP contribution in [0.1, 0.15) is 51.3 Å². The third kappa shape index (κ3) is 1.45. The van der Waals surface area contributed by atoms with E-state index in [0.717, 1.165) is 18.4 Å². The summed E-state index contributed by atoms with van der Waals surface area (Å²) in [6.07, 6.45) is 2.50. The average molecular weight is 219 g/mol. The molecule has 3 nitrogen and oxygen atoms in total. The normalized spacial score (nSPS) is 36.7. The summed E-state index contributed by atoms with van der Waals surface area (Å²) in [6.45, 7) is 7.97. The van der Waals surface area contributed by atoms with Crippen molar-refractivity contribution in [1.29, 1.82) is 0 Å². The van der Waals surface area contributed by atoms with E-state index in [0.29, 0.717) is 12.0 Å². The minimum atomic E-state index is 0.582. The van der Waals surface area contributed by atoms with Gasteiger partial charge in [0.05, 0.1) is 11.7 Å². The highest BCUT2D eigenvalue weighted by molar-refractivity contribution is 5.41. The van der Waals surface area contributed by atoms with Gasteiger partial charge >= 0.3 is 0 Å². The summed E-state index contributed by atoms with van der Waals surface area (Å²) in [5.74, 6) is 3.49. The number of fused-ring (bicyclic) bond motifs is 1. The molecule has 1 N–H and O–H groups in total. The van der Waals surface area contributed by atoms with Gasteiger partial charge < -0.3 is 5.32 Å². The summed E-state index contributed by atoms with van der Waals surface area (Å²) in [4.78, 5) is 0. The van der Waals surface area contributed by atoms with E-state index in [-0.39, 0.29) is 0 Å². The zero-order valence-electron chi connectivity index (χ0n) is 10.4. The largest absolute Gasteiger partial charge is 0.370 e. The van der Waals surface area contributed by atoms with Crippen LogP contribution in [0.3, 0.4) is 0 Å². The predicted octanol–water partition coefficient (Wildman–Crippen LogP) is 3.02. The highest BCUT2D eigenvalue weighted by Gasteiger charge is 2.37. The third-order valence-electron chi connectivity index (χ3n) is 4.24. The molecule has 0 amide bonds. The van der Waals surface area contributed by atoms with Crippen LogP contribution in [-0.4, -0.2) is 16.3 Å². The van der Waals surface area contributed by atoms with E-state index in [1.54, 1.807) is 0 Å². The Morgan fingerprint density at radius 2 is 2.19 bits per heavy atom. The van der Waals surface area contributed by atoms with Crippen molar-refractivity contribution in [2.75, 3.05) is 11.9 Å². The van der Waals surface area contributed by atoms with Crippen molar-refractivity contribution in [3.8, 4) is 0 Å². The smallest absolute Gasteiger partial charge is 0.124 e. The fourth-order valence-corrected chi connectivity index (χ4v) is 2.93. The minimum Gasteiger partial charge on any atom is -0.370 e. The van der Waals surface area contributed by atoms with E-state index < -0.39 is 0 Å². The number of nitrogens with zero attached hydrogens (tertiary/aromatic N) is 2. The van der Waals surface area contributed by atoms with Crippen molar-refractivity contribution in [2.45, 2.75) is 45.6 Å². The molecule has 4 unspecified atom stereocenters. The summed E-state index contributed by atoms with van der Waals surface area (Å²) < 4.78 is 2.23. The Bertz CT molecular complexity index is 396. The summed E-state index contributed by atoms with van der Waals surface area (Å²) in [5.41, 5.74) is 1.31. The second-order valence-corrected chi connectivity index (χ2v) is 5.55. The number of aromatic nitrogens is 2. The van der Waals surface area contributed by atoms with Crippen LogP contribution < -0.4 is 5.32 Å². The Morgan fingerprint density at radius 3 is 2.81 bits per heavy atom. The molecule has 2 aliphatic rings. The Hall–Kier alpha value is -0.990. The third-order valence-corrected chi connectivity index (χ3v) is 4.24. The lowest BCUT2D eigenvalue weighted by Crippen LogP contribution is -2.30. The number of nitrogens with one attached hydrogen (secondary N) is 1. The molecule has 1 fully saturated rings. The van der Waals surface area contributed by atoms with E-state index in [1.165, 1.54) is 24.4 Å². The fraction of sp³-hybridized carbons (Fsp3) is 0.769. The van der Waals surface area contributed by atoms with Crippen LogP contribution in [0.4, 0.5) is 5.82 Å². The van der Waals surface area contributed by atoms with E-state index in [2.05, 4.69) is 36.8 Å². The summed E-state index contributed by atoms with van der Waals surface area (Å²) >= 11 is 0. The lowest BCUT2D eigenvalue weighted by atomic mass is 9.98. The van der Waals surface area contributed by atoms with Crippen LogP contribution in [-0.2, 0) is 0 Å². The Kier molecular flexibility index (Phi) is 2.23. The van der Waals surface area contributed by atoms with E-state index >= 15 is 0 Å². The van der Waals surface area contributed by atoms with Gasteiger partial charge in [0.25, 0.3) is 0 Å². The van der Waals surface area contributed by atoms with E-state index in [9.17, 15) is 0 Å². The van der Waals surface area contributed by atoms with Crippen LogP contribution in [0.5, 0.6) is 0 Å². The lowest BCUT2D eigenvalue weighted by Gasteiger charge is -2.30. The molecule has 1 aromatic heterocycles. The summed E-state index contributed by atoms with van der Waals surface area (Å²) in [6, 6.07) is 2.85. The topological polar surface area (TPSA) is 29.9 Å². The molecular formula is C13H21N3. The molecule has 1 saturated carbocycles. The van der Waals surface area contributed by atoms with Crippen LogP contribution in [0.2, 0.25) is 0 Å². The van der Waals surface area contributed by atoms with E-state index in [4.69, 9.17) is 5.10 Å². The fourth-order valence-electron chi connectivity index (χ4n) is 2.93. The number of rotatable bonds is 2. The Balaban J connectivity index is 1.93. The summed E-state index contributed by atoms with van der Waals surface area (Å²) in [7, 11) is 0. The van der Waals surface area contributed by atoms with Gasteiger partial charge in [-0.15, -0.1) is 0 Å². The molecular weight excluding hydrogens is 198 g/mol. The Morgan fingerprint density at radius 1 is 1.44 bits per heavy atom. The summed E-state index contributed by atoms with van der Waals surface area (Å²) in [5, 5.41) is 8.32. The zero-order valence-corrected chi connectivity index (χ0v) is 10.4. The molecule has 0 bridgehead atoms. The second kappa shape index (κ2) is 3.51. The molecule has 3 rings (SSSR count). The molecule has 88 valence electrons. The van der Waals surface area contributed by atoms with Gasteiger partial charge in [-0.25, -0.2) is 4.68 Å². The molecule has 1 aliphatic heterocycles. The first-order chi connectivity index (χ1) is 7.70. The molecule has 1 aliphatic carbocycles. The monoisotopic (exact) mass is 219 g/mol. The van der Waals surface area contributed by atoms with Crippen LogP contribution in [0, 0.1) is 11.8 Å². The predicted molar refractivity (Wildman–Crippen MR) is 65.7 cm³/mol. The van der Waals surface area contributed by atoms with Crippen LogP contribution in [0.25, 0.3) is 0 Å². The maximum atomic E-state index is 4.82. The van der Waals surface area contributed by atoms with E-state index in [1.807, 2.05) is 0 Å². The molecule has 0 radical (unpaired) electrons. The molecule has 2 heterocycles. The molecule has 0 aromatic carbocycles. The minimum absolute atomic E-state index is 0.582. The second-order valence-electron chi connectivity index (χ2n) is 5.55. The van der Waals surface area contributed by atoms with Gasteiger partial charge in [-0.2, -0.15) is 5.10 Å². The average Bonchev–Trinajstić information content (AvgIpc) is 2.85. The highest BCUT2D eigenvalue weighted by Crippen LogP contribution is 2.47. The molecule has 3 heteroatoms.